The van der Waals surface area contributed by atoms with E-state index >= 15 is 0 Å². The molecule has 15 heavy (non-hydrogen) atoms. The third kappa shape index (κ3) is 2.50. The zero-order valence-electron chi connectivity index (χ0n) is 8.09. The van der Waals surface area contributed by atoms with E-state index < -0.39 is 13.3 Å². The average molecular weight is 215 g/mol. The Kier molecular flexibility index (Phi) is 2.26. The molecule has 1 fully saturated rings. The summed E-state index contributed by atoms with van der Waals surface area (Å²) < 4.78 is 36.3. The normalized spacial score (nSPS) is 18.9. The van der Waals surface area contributed by atoms with Gasteiger partial charge in [0.2, 0.25) is 0 Å². The van der Waals surface area contributed by atoms with Crippen LogP contribution in [-0.4, -0.2) is 12.0 Å². The Balaban J connectivity index is 2.11. The minimum Gasteiger partial charge on any atom is -0.449 e. The van der Waals surface area contributed by atoms with Gasteiger partial charge in [-0.3, -0.25) is 4.98 Å². The van der Waals surface area contributed by atoms with Crippen LogP contribution in [0, 0.1) is 0 Å². The lowest BCUT2D eigenvalue weighted by Crippen LogP contribution is -2.21. The van der Waals surface area contributed by atoms with Crippen LogP contribution in [-0.2, 0) is 11.9 Å². The Morgan fingerprint density at radius 1 is 1.33 bits per heavy atom. The molecule has 1 saturated carbocycles. The van der Waals surface area contributed by atoms with Gasteiger partial charge in [0, 0.05) is 17.4 Å². The van der Waals surface area contributed by atoms with Gasteiger partial charge in [0.15, 0.2) is 0 Å². The van der Waals surface area contributed by atoms with E-state index in [0.717, 1.165) is 18.4 Å². The number of pyridine rings is 1. The van der Waals surface area contributed by atoms with Crippen molar-refractivity contribution in [2.24, 2.45) is 5.73 Å². The van der Waals surface area contributed by atoms with E-state index in [-0.39, 0.29) is 11.2 Å². The smallest absolute Gasteiger partial charge is 0.449 e. The minimum atomic E-state index is -4.80. The third-order valence-corrected chi connectivity index (χ3v) is 2.63. The molecule has 0 unspecified atom stereocenters. The Morgan fingerprint density at radius 2 is 2.00 bits per heavy atom. The molecule has 0 saturated heterocycles. The van der Waals surface area contributed by atoms with Gasteiger partial charge in [0.05, 0.1) is 0 Å². The second kappa shape index (κ2) is 3.23. The number of nitrogens with two attached hydrogens (primary N) is 1. The van der Waals surface area contributed by atoms with E-state index in [0.29, 0.717) is 0 Å². The number of hydrogen-bond acceptors (Lipinski definition) is 2. The summed E-state index contributed by atoms with van der Waals surface area (Å²) in [6.45, 7) is -4.80. The van der Waals surface area contributed by atoms with Crippen LogP contribution in [0.2, 0.25) is 0 Å². The van der Waals surface area contributed by atoms with Crippen molar-refractivity contribution in [3.8, 4) is 0 Å². The van der Waals surface area contributed by atoms with Crippen LogP contribution >= 0.6 is 0 Å². The van der Waals surface area contributed by atoms with Crippen LogP contribution in [0.4, 0.5) is 12.9 Å². The molecule has 82 valence electrons. The van der Waals surface area contributed by atoms with Gasteiger partial charge in [-0.1, -0.05) is 6.07 Å². The monoisotopic (exact) mass is 215 g/mol. The van der Waals surface area contributed by atoms with E-state index in [2.05, 4.69) is 4.98 Å². The number of aromatic nitrogens is 1. The molecule has 0 atom stereocenters. The van der Waals surface area contributed by atoms with E-state index in [4.69, 9.17) is 5.73 Å². The van der Waals surface area contributed by atoms with Gasteiger partial charge >= 0.3 is 6.98 Å². The summed E-state index contributed by atoms with van der Waals surface area (Å²) in [7, 11) is 0. The zero-order chi connectivity index (χ0) is 11.1. The first-order valence-electron chi connectivity index (χ1n) is 4.84. The summed E-state index contributed by atoms with van der Waals surface area (Å²) in [6, 6.07) is 3.06. The highest BCUT2D eigenvalue weighted by Crippen LogP contribution is 2.42. The maximum Gasteiger partial charge on any atom is 0.484 e. The molecule has 1 aromatic rings. The molecule has 0 bridgehead atoms. The van der Waals surface area contributed by atoms with Gasteiger partial charge in [-0.2, -0.15) is 0 Å². The molecule has 2 nitrogen and oxygen atoms in total. The third-order valence-electron chi connectivity index (χ3n) is 2.63. The lowest BCUT2D eigenvalue weighted by atomic mass is 9.84. The fourth-order valence-electron chi connectivity index (χ4n) is 1.50. The van der Waals surface area contributed by atoms with Gasteiger partial charge in [-0.15, -0.1) is 0 Å². The second-order valence-corrected chi connectivity index (χ2v) is 4.11. The molecule has 1 aromatic heterocycles. The van der Waals surface area contributed by atoms with Gasteiger partial charge in [0.25, 0.3) is 0 Å². The molecule has 2 N–H and O–H groups in total. The molecule has 0 spiro atoms. The summed E-state index contributed by atoms with van der Waals surface area (Å²) in [5.74, 6) is 0. The van der Waals surface area contributed by atoms with Crippen LogP contribution in [0.15, 0.2) is 18.3 Å². The highest BCUT2D eigenvalue weighted by Gasteiger charge is 2.40. The largest absolute Gasteiger partial charge is 0.484 e. The lowest BCUT2D eigenvalue weighted by Gasteiger charge is -2.14. The Bertz CT molecular complexity index is 357. The summed E-state index contributed by atoms with van der Waals surface area (Å²) in [6.07, 6.45) is 2.32. The second-order valence-electron chi connectivity index (χ2n) is 4.11. The van der Waals surface area contributed by atoms with Crippen LogP contribution in [0.5, 0.6) is 0 Å². The van der Waals surface area contributed by atoms with E-state index in [1.165, 1.54) is 12.3 Å². The number of rotatable bonds is 3. The van der Waals surface area contributed by atoms with Crippen molar-refractivity contribution < 1.29 is 12.9 Å². The van der Waals surface area contributed by atoms with Crippen molar-refractivity contribution in [1.29, 1.82) is 0 Å². The van der Waals surface area contributed by atoms with Crippen molar-refractivity contribution in [3.63, 3.8) is 0 Å². The Hall–Kier alpha value is -1.04. The number of halogens is 3. The van der Waals surface area contributed by atoms with Crippen LogP contribution < -0.4 is 5.73 Å². The van der Waals surface area contributed by atoms with Gasteiger partial charge in [0.1, 0.15) is 0 Å². The van der Waals surface area contributed by atoms with Crippen molar-refractivity contribution in [1.82, 2.24) is 4.98 Å². The average Bonchev–Trinajstić information content (AvgIpc) is 2.83. The van der Waals surface area contributed by atoms with Crippen molar-refractivity contribution in [3.05, 3.63) is 29.6 Å². The molecule has 0 aromatic carbocycles. The van der Waals surface area contributed by atoms with E-state index in [1.54, 1.807) is 6.07 Å². The highest BCUT2D eigenvalue weighted by atomic mass is 19.4. The molecule has 1 aliphatic rings. The van der Waals surface area contributed by atoms with Crippen LogP contribution in [0.25, 0.3) is 0 Å². The highest BCUT2D eigenvalue weighted by molar-refractivity contribution is 6.57. The zero-order valence-corrected chi connectivity index (χ0v) is 8.09. The SMILES string of the molecule is NC1(c2ccc(C[B-](F)(F)F)nc2)CC1. The predicted molar refractivity (Wildman–Crippen MR) is 52.1 cm³/mol. The van der Waals surface area contributed by atoms with Crippen molar-refractivity contribution in [2.45, 2.75) is 24.7 Å². The maximum absolute atomic E-state index is 12.1. The first kappa shape index (κ1) is 10.5. The summed E-state index contributed by atoms with van der Waals surface area (Å²) >= 11 is 0. The molecular formula is C9H11BF3N2-. The minimum absolute atomic E-state index is 0.0653. The summed E-state index contributed by atoms with van der Waals surface area (Å²) in [4.78, 5) is 3.79. The molecule has 6 heteroatoms. The van der Waals surface area contributed by atoms with Gasteiger partial charge in [-0.05, 0) is 30.8 Å². The standard InChI is InChI=1S/C9H11BF3N2/c11-10(12,13)5-8-2-1-7(6-15-8)9(14)3-4-9/h1-2,6H,3-5,14H2/q-1. The van der Waals surface area contributed by atoms with Crippen molar-refractivity contribution >= 4 is 6.98 Å². The van der Waals surface area contributed by atoms with Crippen molar-refractivity contribution in [2.75, 3.05) is 0 Å². The van der Waals surface area contributed by atoms with Gasteiger partial charge < -0.3 is 18.7 Å². The lowest BCUT2D eigenvalue weighted by molar-refractivity contribution is 0.467. The summed E-state index contributed by atoms with van der Waals surface area (Å²) in [5, 5.41) is 0. The number of nitrogens with zero attached hydrogens (tertiary/aromatic N) is 1. The molecule has 1 aliphatic carbocycles. The quantitative estimate of drug-likeness (QED) is 0.782. The first-order chi connectivity index (χ1) is 6.89. The van der Waals surface area contributed by atoms with Crippen LogP contribution in [0.3, 0.4) is 0 Å². The number of hydrogen-bond donors (Lipinski definition) is 1. The fraction of sp³-hybridized carbons (Fsp3) is 0.444. The molecule has 0 aliphatic heterocycles. The molecular weight excluding hydrogens is 204 g/mol. The van der Waals surface area contributed by atoms with Crippen LogP contribution in [0.1, 0.15) is 24.1 Å². The predicted octanol–water partition coefficient (Wildman–Crippen LogP) is 1.96. The van der Waals surface area contributed by atoms with Gasteiger partial charge in [-0.25, -0.2) is 0 Å². The first-order valence-corrected chi connectivity index (χ1v) is 4.84. The molecule has 0 radical (unpaired) electrons. The van der Waals surface area contributed by atoms with E-state index in [9.17, 15) is 12.9 Å². The topological polar surface area (TPSA) is 38.9 Å². The Morgan fingerprint density at radius 3 is 2.40 bits per heavy atom. The Labute approximate surface area is 85.7 Å². The van der Waals surface area contributed by atoms with E-state index in [1.807, 2.05) is 0 Å². The molecule has 0 amide bonds. The molecule has 2 rings (SSSR count). The fourth-order valence-corrected chi connectivity index (χ4v) is 1.50. The maximum atomic E-state index is 12.1. The molecule has 1 heterocycles. The summed E-state index contributed by atoms with van der Waals surface area (Å²) in [5.41, 5.74) is 6.46.